The second-order valence-electron chi connectivity index (χ2n) is 3.14. The number of hydrogen-bond donors (Lipinski definition) is 2. The molecule has 82 valence electrons. The largest absolute Gasteiger partial charge is 0.481 e. The van der Waals surface area contributed by atoms with Crippen molar-refractivity contribution in [3.63, 3.8) is 0 Å². The zero-order chi connectivity index (χ0) is 11.1. The molecule has 0 spiro atoms. The van der Waals surface area contributed by atoms with Crippen LogP contribution in [0.1, 0.15) is 26.7 Å². The first-order valence-corrected chi connectivity index (χ1v) is 4.75. The molecule has 0 fully saturated rings. The zero-order valence-corrected chi connectivity index (χ0v) is 8.69. The third kappa shape index (κ3) is 4.81. The molecule has 0 aliphatic carbocycles. The predicted molar refractivity (Wildman–Crippen MR) is 52.8 cm³/mol. The van der Waals surface area contributed by atoms with E-state index in [9.17, 15) is 9.59 Å². The van der Waals surface area contributed by atoms with Crippen molar-refractivity contribution < 1.29 is 14.7 Å². The van der Waals surface area contributed by atoms with Gasteiger partial charge in [0.1, 0.15) is 0 Å². The van der Waals surface area contributed by atoms with Crippen molar-refractivity contribution >= 4 is 11.9 Å². The van der Waals surface area contributed by atoms with Crippen LogP contribution in [-0.2, 0) is 9.59 Å². The Bertz CT molecular complexity index is 186. The molecule has 0 aliphatic rings. The molecule has 0 rings (SSSR count). The molecule has 0 aromatic rings. The van der Waals surface area contributed by atoms with Crippen LogP contribution >= 0.6 is 0 Å². The molecular weight excluding hydrogens is 184 g/mol. The Hall–Kier alpha value is -1.10. The molecule has 0 bridgehead atoms. The minimum atomic E-state index is -0.900. The number of rotatable bonds is 7. The summed E-state index contributed by atoms with van der Waals surface area (Å²) in [5, 5.41) is 8.66. The third-order valence-electron chi connectivity index (χ3n) is 2.18. The van der Waals surface area contributed by atoms with Gasteiger partial charge in [-0.05, 0) is 13.1 Å². The third-order valence-corrected chi connectivity index (χ3v) is 2.18. The molecule has 3 N–H and O–H groups in total. The first kappa shape index (κ1) is 12.9. The van der Waals surface area contributed by atoms with E-state index in [0.717, 1.165) is 13.1 Å². The van der Waals surface area contributed by atoms with Crippen LogP contribution in [0.25, 0.3) is 0 Å². The van der Waals surface area contributed by atoms with Gasteiger partial charge in [-0.2, -0.15) is 0 Å². The van der Waals surface area contributed by atoms with Crippen molar-refractivity contribution in [2.24, 2.45) is 5.73 Å². The van der Waals surface area contributed by atoms with Crippen LogP contribution < -0.4 is 5.73 Å². The van der Waals surface area contributed by atoms with E-state index in [0.29, 0.717) is 0 Å². The van der Waals surface area contributed by atoms with Gasteiger partial charge in [0, 0.05) is 12.5 Å². The highest BCUT2D eigenvalue weighted by Gasteiger charge is 2.20. The number of carbonyl (C=O) groups is 2. The molecule has 0 aromatic carbocycles. The predicted octanol–water partition coefficient (Wildman–Crippen LogP) is 0.0469. The normalized spacial score (nSPS) is 12.8. The average Bonchev–Trinajstić information content (AvgIpc) is 2.03. The van der Waals surface area contributed by atoms with Gasteiger partial charge in [0.2, 0.25) is 5.91 Å². The molecule has 5 nitrogen and oxygen atoms in total. The highest BCUT2D eigenvalue weighted by Crippen LogP contribution is 2.08. The van der Waals surface area contributed by atoms with Crippen LogP contribution in [0.4, 0.5) is 0 Å². The van der Waals surface area contributed by atoms with Crippen molar-refractivity contribution in [2.45, 2.75) is 32.7 Å². The lowest BCUT2D eigenvalue weighted by Crippen LogP contribution is -2.39. The quantitative estimate of drug-likeness (QED) is 0.611. The summed E-state index contributed by atoms with van der Waals surface area (Å²) < 4.78 is 0. The fourth-order valence-corrected chi connectivity index (χ4v) is 1.50. The lowest BCUT2D eigenvalue weighted by molar-refractivity contribution is -0.138. The van der Waals surface area contributed by atoms with Crippen molar-refractivity contribution in [3.05, 3.63) is 0 Å². The summed E-state index contributed by atoms with van der Waals surface area (Å²) in [6.07, 6.45) is 0.0681. The smallest absolute Gasteiger partial charge is 0.304 e. The summed E-state index contributed by atoms with van der Waals surface area (Å²) in [7, 11) is 0. The number of carboxylic acid groups (broad SMARTS) is 1. The van der Waals surface area contributed by atoms with Crippen molar-refractivity contribution in [1.82, 2.24) is 4.90 Å². The van der Waals surface area contributed by atoms with Crippen LogP contribution in [0.15, 0.2) is 0 Å². The van der Waals surface area contributed by atoms with Gasteiger partial charge in [-0.1, -0.05) is 13.8 Å². The van der Waals surface area contributed by atoms with Crippen molar-refractivity contribution in [3.8, 4) is 0 Å². The molecule has 1 atom stereocenters. The van der Waals surface area contributed by atoms with Crippen LogP contribution in [0.2, 0.25) is 0 Å². The average molecular weight is 202 g/mol. The minimum Gasteiger partial charge on any atom is -0.481 e. The summed E-state index contributed by atoms with van der Waals surface area (Å²) in [6, 6.07) is -0.278. The Morgan fingerprint density at radius 2 is 1.79 bits per heavy atom. The van der Waals surface area contributed by atoms with Crippen LogP contribution in [-0.4, -0.2) is 41.0 Å². The molecule has 0 heterocycles. The molecule has 5 heteroatoms. The fraction of sp³-hybridized carbons (Fsp3) is 0.778. The van der Waals surface area contributed by atoms with Gasteiger partial charge in [-0.3, -0.25) is 14.5 Å². The first-order valence-electron chi connectivity index (χ1n) is 4.75. The monoisotopic (exact) mass is 202 g/mol. The maximum atomic E-state index is 10.7. The number of nitrogens with zero attached hydrogens (tertiary/aromatic N) is 1. The topological polar surface area (TPSA) is 83.6 Å². The number of primary amides is 1. The SMILES string of the molecule is CCN(CC)C(CC(N)=O)CC(=O)O. The van der Waals surface area contributed by atoms with Crippen molar-refractivity contribution in [2.75, 3.05) is 13.1 Å². The first-order chi connectivity index (χ1) is 6.51. The van der Waals surface area contributed by atoms with Gasteiger partial charge in [0.15, 0.2) is 0 Å². The molecule has 0 aromatic heterocycles. The number of hydrogen-bond acceptors (Lipinski definition) is 3. The number of nitrogens with two attached hydrogens (primary N) is 1. The minimum absolute atomic E-state index is 0.0371. The summed E-state index contributed by atoms with van der Waals surface area (Å²) in [6.45, 7) is 5.31. The molecule has 1 amide bonds. The summed E-state index contributed by atoms with van der Waals surface area (Å²) in [5.41, 5.74) is 5.06. The second-order valence-corrected chi connectivity index (χ2v) is 3.14. The second kappa shape index (κ2) is 6.37. The Labute approximate surface area is 83.9 Å². The Balaban J connectivity index is 4.35. The lowest BCUT2D eigenvalue weighted by atomic mass is 10.1. The zero-order valence-electron chi connectivity index (χ0n) is 8.69. The van der Waals surface area contributed by atoms with Crippen molar-refractivity contribution in [1.29, 1.82) is 0 Å². The van der Waals surface area contributed by atoms with Gasteiger partial charge >= 0.3 is 5.97 Å². The molecule has 0 radical (unpaired) electrons. The summed E-state index contributed by atoms with van der Waals surface area (Å²) in [4.78, 5) is 23.2. The Morgan fingerprint density at radius 1 is 1.29 bits per heavy atom. The summed E-state index contributed by atoms with van der Waals surface area (Å²) >= 11 is 0. The van der Waals surface area contributed by atoms with Crippen LogP contribution in [0.3, 0.4) is 0 Å². The van der Waals surface area contributed by atoms with E-state index in [1.807, 2.05) is 18.7 Å². The highest BCUT2D eigenvalue weighted by molar-refractivity contribution is 5.76. The van der Waals surface area contributed by atoms with E-state index in [1.165, 1.54) is 0 Å². The molecule has 14 heavy (non-hydrogen) atoms. The van der Waals surface area contributed by atoms with Gasteiger partial charge in [-0.15, -0.1) is 0 Å². The standard InChI is InChI=1S/C9H18N2O3/c1-3-11(4-2)7(5-8(10)12)6-9(13)14/h7H,3-6H2,1-2H3,(H2,10,12)(H,13,14). The Morgan fingerprint density at radius 3 is 2.07 bits per heavy atom. The Kier molecular flexibility index (Phi) is 5.87. The lowest BCUT2D eigenvalue weighted by Gasteiger charge is -2.27. The molecule has 0 saturated carbocycles. The molecule has 0 aliphatic heterocycles. The summed E-state index contributed by atoms with van der Waals surface area (Å²) in [5.74, 6) is -1.36. The maximum Gasteiger partial charge on any atom is 0.304 e. The van der Waals surface area contributed by atoms with Gasteiger partial charge in [-0.25, -0.2) is 0 Å². The fourth-order valence-electron chi connectivity index (χ4n) is 1.50. The van der Waals surface area contributed by atoms with E-state index in [4.69, 9.17) is 10.8 Å². The van der Waals surface area contributed by atoms with E-state index in [2.05, 4.69) is 0 Å². The van der Waals surface area contributed by atoms with Gasteiger partial charge in [0.05, 0.1) is 6.42 Å². The maximum absolute atomic E-state index is 10.7. The van der Waals surface area contributed by atoms with Crippen LogP contribution in [0, 0.1) is 0 Å². The van der Waals surface area contributed by atoms with Gasteiger partial charge in [0.25, 0.3) is 0 Å². The number of carbonyl (C=O) groups excluding carboxylic acids is 1. The number of amides is 1. The van der Waals surface area contributed by atoms with Crippen LogP contribution in [0.5, 0.6) is 0 Å². The van der Waals surface area contributed by atoms with Gasteiger partial charge < -0.3 is 10.8 Å². The van der Waals surface area contributed by atoms with E-state index >= 15 is 0 Å². The van der Waals surface area contributed by atoms with E-state index in [-0.39, 0.29) is 18.9 Å². The molecular formula is C9H18N2O3. The van der Waals surface area contributed by atoms with E-state index < -0.39 is 11.9 Å². The number of carboxylic acids is 1. The highest BCUT2D eigenvalue weighted by atomic mass is 16.4. The molecule has 1 unspecified atom stereocenters. The number of aliphatic carboxylic acids is 1. The van der Waals surface area contributed by atoms with E-state index in [1.54, 1.807) is 0 Å². The molecule has 0 saturated heterocycles.